The first-order valence-corrected chi connectivity index (χ1v) is 5.67. The van der Waals surface area contributed by atoms with E-state index >= 15 is 0 Å². The van der Waals surface area contributed by atoms with Crippen LogP contribution < -0.4 is 5.32 Å². The molecule has 5 N–H and O–H groups in total. The predicted octanol–water partition coefficient (Wildman–Crippen LogP) is -2.23. The number of aliphatic hydroxyl groups excluding tert-OH is 3. The summed E-state index contributed by atoms with van der Waals surface area (Å²) in [5, 5.41) is 29.4. The van der Waals surface area contributed by atoms with Gasteiger partial charge in [-0.25, -0.2) is 0 Å². The van der Waals surface area contributed by atoms with E-state index in [4.69, 9.17) is 19.9 Å². The second-order valence-electron chi connectivity index (χ2n) is 3.59. The van der Waals surface area contributed by atoms with Crippen molar-refractivity contribution in [3.05, 3.63) is 0 Å². The molecule has 0 rings (SSSR count). The highest BCUT2D eigenvalue weighted by atomic mass is 32.2. The number of likely N-dealkylation sites (N-methyl/N-ethyl adjacent to an activating group) is 1. The topological polar surface area (TPSA) is 127 Å². The molecule has 0 radical (unpaired) electrons. The van der Waals surface area contributed by atoms with E-state index in [1.165, 1.54) is 14.0 Å². The molecule has 92 valence electrons. The summed E-state index contributed by atoms with van der Waals surface area (Å²) in [6.07, 6.45) is 0. The van der Waals surface area contributed by atoms with Crippen molar-refractivity contribution in [2.24, 2.45) is 5.41 Å². The van der Waals surface area contributed by atoms with Gasteiger partial charge in [0.2, 0.25) is 0 Å². The van der Waals surface area contributed by atoms with Crippen LogP contribution in [-0.2, 0) is 10.1 Å². The van der Waals surface area contributed by atoms with E-state index in [0.29, 0.717) is 0 Å². The Morgan fingerprint density at radius 2 is 1.53 bits per heavy atom. The third-order valence-electron chi connectivity index (χ3n) is 2.74. The van der Waals surface area contributed by atoms with E-state index < -0.39 is 40.2 Å². The Balaban J connectivity index is 5.67. The van der Waals surface area contributed by atoms with Crippen LogP contribution >= 0.6 is 0 Å². The first-order valence-electron chi connectivity index (χ1n) is 4.23. The monoisotopic (exact) mass is 243 g/mol. The highest BCUT2D eigenvalue weighted by Crippen LogP contribution is 2.34. The molecule has 8 heteroatoms. The summed E-state index contributed by atoms with van der Waals surface area (Å²) in [5.74, 6) is 0. The Morgan fingerprint density at radius 1 is 1.13 bits per heavy atom. The summed E-state index contributed by atoms with van der Waals surface area (Å²) in [7, 11) is -3.49. The van der Waals surface area contributed by atoms with E-state index in [9.17, 15) is 8.42 Å². The SMILES string of the molecule is CNC(CO)(C(C)(CO)CO)S(=O)(=O)O. The van der Waals surface area contributed by atoms with E-state index in [0.717, 1.165) is 0 Å². The van der Waals surface area contributed by atoms with Crippen molar-refractivity contribution in [1.29, 1.82) is 0 Å². The minimum atomic E-state index is -4.69. The summed E-state index contributed by atoms with van der Waals surface area (Å²) in [4.78, 5) is -2.19. The highest BCUT2D eigenvalue weighted by molar-refractivity contribution is 7.87. The van der Waals surface area contributed by atoms with E-state index in [1.807, 2.05) is 0 Å². The van der Waals surface area contributed by atoms with Crippen molar-refractivity contribution in [3.63, 3.8) is 0 Å². The van der Waals surface area contributed by atoms with Crippen LogP contribution in [0.25, 0.3) is 0 Å². The van der Waals surface area contributed by atoms with Crippen molar-refractivity contribution in [1.82, 2.24) is 5.32 Å². The zero-order valence-electron chi connectivity index (χ0n) is 8.63. The van der Waals surface area contributed by atoms with E-state index in [1.54, 1.807) is 0 Å². The lowest BCUT2D eigenvalue weighted by molar-refractivity contribution is -0.00365. The number of hydrogen-bond donors (Lipinski definition) is 5. The first-order chi connectivity index (χ1) is 6.74. The standard InChI is InChI=1S/C7H17NO6S/c1-6(3-9,4-10)7(5-11,8-2)15(12,13)14/h8-11H,3-5H2,1-2H3,(H,12,13,14). The minimum Gasteiger partial charge on any atom is -0.396 e. The number of aliphatic hydroxyl groups is 3. The van der Waals surface area contributed by atoms with Crippen LogP contribution in [0.4, 0.5) is 0 Å². The lowest BCUT2D eigenvalue weighted by atomic mass is 9.83. The van der Waals surface area contributed by atoms with Crippen molar-refractivity contribution in [3.8, 4) is 0 Å². The zero-order valence-corrected chi connectivity index (χ0v) is 9.45. The summed E-state index contributed by atoms with van der Waals surface area (Å²) >= 11 is 0. The maximum atomic E-state index is 11.2. The molecule has 7 nitrogen and oxygen atoms in total. The zero-order chi connectivity index (χ0) is 12.3. The molecule has 0 aliphatic rings. The second-order valence-corrected chi connectivity index (χ2v) is 5.23. The van der Waals surface area contributed by atoms with Crippen molar-refractivity contribution in [2.45, 2.75) is 11.8 Å². The molecule has 0 heterocycles. The molecule has 0 aromatic heterocycles. The van der Waals surface area contributed by atoms with Gasteiger partial charge in [0, 0.05) is 0 Å². The Kier molecular flexibility index (Phi) is 4.65. The van der Waals surface area contributed by atoms with Crippen LogP contribution in [0.15, 0.2) is 0 Å². The molecular formula is C7H17NO6S. The molecular weight excluding hydrogens is 226 g/mol. The molecule has 0 saturated carbocycles. The summed E-state index contributed by atoms with van der Waals surface area (Å²) in [6.45, 7) is -1.18. The maximum Gasteiger partial charge on any atom is 0.287 e. The average molecular weight is 243 g/mol. The van der Waals surface area contributed by atoms with Crippen LogP contribution in [0.2, 0.25) is 0 Å². The number of nitrogens with one attached hydrogen (secondary N) is 1. The molecule has 0 amide bonds. The van der Waals surface area contributed by atoms with Crippen LogP contribution in [0.1, 0.15) is 6.92 Å². The Labute approximate surface area is 88.5 Å². The Morgan fingerprint density at radius 3 is 1.60 bits per heavy atom. The van der Waals surface area contributed by atoms with Gasteiger partial charge in [-0.05, 0) is 7.05 Å². The van der Waals surface area contributed by atoms with Crippen molar-refractivity contribution in [2.75, 3.05) is 26.9 Å². The largest absolute Gasteiger partial charge is 0.396 e. The molecule has 0 aliphatic heterocycles. The van der Waals surface area contributed by atoms with Gasteiger partial charge < -0.3 is 15.3 Å². The third-order valence-corrected chi connectivity index (χ3v) is 4.45. The minimum absolute atomic E-state index is 0.718. The van der Waals surface area contributed by atoms with Crippen LogP contribution in [0.3, 0.4) is 0 Å². The molecule has 0 bridgehead atoms. The van der Waals surface area contributed by atoms with Crippen molar-refractivity contribution >= 4 is 10.1 Å². The fraction of sp³-hybridized carbons (Fsp3) is 1.00. The fourth-order valence-corrected chi connectivity index (χ4v) is 2.57. The molecule has 0 aromatic rings. The molecule has 15 heavy (non-hydrogen) atoms. The molecule has 0 saturated heterocycles. The summed E-state index contributed by atoms with van der Waals surface area (Å²) in [5.41, 5.74) is -1.61. The van der Waals surface area contributed by atoms with Gasteiger partial charge in [-0.2, -0.15) is 8.42 Å². The van der Waals surface area contributed by atoms with Gasteiger partial charge >= 0.3 is 0 Å². The molecule has 0 aliphatic carbocycles. The number of hydrogen-bond acceptors (Lipinski definition) is 6. The Bertz CT molecular complexity index is 293. The van der Waals surface area contributed by atoms with Gasteiger partial charge in [-0.1, -0.05) is 6.92 Å². The summed E-state index contributed by atoms with van der Waals surface area (Å²) in [6, 6.07) is 0. The summed E-state index contributed by atoms with van der Waals surface area (Å²) < 4.78 is 31.4. The normalized spacial score (nSPS) is 17.5. The van der Waals surface area contributed by atoms with Gasteiger partial charge in [0.1, 0.15) is 0 Å². The lowest BCUT2D eigenvalue weighted by Crippen LogP contribution is -2.66. The van der Waals surface area contributed by atoms with Crippen LogP contribution in [0, 0.1) is 5.41 Å². The predicted molar refractivity (Wildman–Crippen MR) is 52.7 cm³/mol. The van der Waals surface area contributed by atoms with Gasteiger partial charge in [0.25, 0.3) is 10.1 Å². The van der Waals surface area contributed by atoms with E-state index in [2.05, 4.69) is 5.32 Å². The maximum absolute atomic E-state index is 11.2. The Hall–Kier alpha value is -0.250. The second kappa shape index (κ2) is 4.73. The number of rotatable bonds is 6. The van der Waals surface area contributed by atoms with Gasteiger partial charge in [0.05, 0.1) is 25.2 Å². The highest BCUT2D eigenvalue weighted by Gasteiger charge is 2.55. The van der Waals surface area contributed by atoms with E-state index in [-0.39, 0.29) is 0 Å². The van der Waals surface area contributed by atoms with Crippen LogP contribution in [-0.4, -0.2) is 60.0 Å². The molecule has 1 unspecified atom stereocenters. The first kappa shape index (κ1) is 14.8. The quantitative estimate of drug-likeness (QED) is 0.334. The molecule has 1 atom stereocenters. The molecule has 0 aromatic carbocycles. The van der Waals surface area contributed by atoms with Gasteiger partial charge in [-0.15, -0.1) is 0 Å². The fourth-order valence-electron chi connectivity index (χ4n) is 1.40. The third kappa shape index (κ3) is 2.14. The van der Waals surface area contributed by atoms with Gasteiger partial charge in [0.15, 0.2) is 4.87 Å². The lowest BCUT2D eigenvalue weighted by Gasteiger charge is -2.42. The van der Waals surface area contributed by atoms with Crippen molar-refractivity contribution < 1.29 is 28.3 Å². The molecule has 0 spiro atoms. The average Bonchev–Trinajstić information content (AvgIpc) is 2.17. The van der Waals surface area contributed by atoms with Crippen LogP contribution in [0.5, 0.6) is 0 Å². The smallest absolute Gasteiger partial charge is 0.287 e. The molecule has 0 fully saturated rings. The van der Waals surface area contributed by atoms with Gasteiger partial charge in [-0.3, -0.25) is 9.87 Å².